The van der Waals surface area contributed by atoms with Crippen LogP contribution in [0, 0.1) is 5.92 Å². The van der Waals surface area contributed by atoms with Crippen molar-refractivity contribution in [3.63, 3.8) is 0 Å². The Morgan fingerprint density at radius 3 is 2.94 bits per heavy atom. The maximum absolute atomic E-state index is 11.8. The van der Waals surface area contributed by atoms with Crippen LogP contribution in [0.25, 0.3) is 11.1 Å². The molecule has 1 aliphatic carbocycles. The summed E-state index contributed by atoms with van der Waals surface area (Å²) >= 11 is 0. The summed E-state index contributed by atoms with van der Waals surface area (Å²) in [4.78, 5) is 25.4. The van der Waals surface area contributed by atoms with Crippen molar-refractivity contribution in [3.05, 3.63) is 28.7 Å². The Balaban J connectivity index is 1.78. The second-order valence-electron chi connectivity index (χ2n) is 4.64. The van der Waals surface area contributed by atoms with Gasteiger partial charge in [-0.25, -0.2) is 4.79 Å². The molecular weight excluding hydrogens is 234 g/mol. The number of fused-ring (bicyclic) bond motifs is 1. The number of nitrogens with two attached hydrogens (primary N) is 1. The van der Waals surface area contributed by atoms with E-state index in [0.717, 1.165) is 12.8 Å². The van der Waals surface area contributed by atoms with Gasteiger partial charge in [-0.3, -0.25) is 9.78 Å². The van der Waals surface area contributed by atoms with Crippen molar-refractivity contribution in [3.8, 4) is 0 Å². The number of H-pyrrole nitrogens is 1. The molecule has 1 fully saturated rings. The van der Waals surface area contributed by atoms with Gasteiger partial charge in [0.05, 0.1) is 5.52 Å². The van der Waals surface area contributed by atoms with Gasteiger partial charge >= 0.3 is 5.76 Å². The summed E-state index contributed by atoms with van der Waals surface area (Å²) in [6, 6.07) is 5.20. The number of carbonyl (C=O) groups excluding carboxylic acids is 1. The van der Waals surface area contributed by atoms with Gasteiger partial charge in [0.25, 0.3) is 0 Å². The van der Waals surface area contributed by atoms with Crippen LogP contribution in [-0.4, -0.2) is 16.9 Å². The predicted molar refractivity (Wildman–Crippen MR) is 66.2 cm³/mol. The van der Waals surface area contributed by atoms with Crippen molar-refractivity contribution in [2.75, 3.05) is 5.32 Å². The van der Waals surface area contributed by atoms with E-state index in [4.69, 9.17) is 10.2 Å². The lowest BCUT2D eigenvalue weighted by Gasteiger charge is -2.30. The Kier molecular flexibility index (Phi) is 2.45. The van der Waals surface area contributed by atoms with E-state index >= 15 is 0 Å². The number of aromatic amines is 1. The third kappa shape index (κ3) is 1.91. The summed E-state index contributed by atoms with van der Waals surface area (Å²) < 4.78 is 4.93. The maximum Gasteiger partial charge on any atom is 0.417 e. The second kappa shape index (κ2) is 3.99. The van der Waals surface area contributed by atoms with Crippen LogP contribution in [0.5, 0.6) is 0 Å². The number of oxazole rings is 1. The van der Waals surface area contributed by atoms with Gasteiger partial charge in [0.15, 0.2) is 5.58 Å². The van der Waals surface area contributed by atoms with Crippen LogP contribution in [0.3, 0.4) is 0 Å². The summed E-state index contributed by atoms with van der Waals surface area (Å²) in [5.74, 6) is -0.540. The smallest absolute Gasteiger partial charge is 0.408 e. The van der Waals surface area contributed by atoms with Crippen LogP contribution in [0.1, 0.15) is 12.8 Å². The third-order valence-corrected chi connectivity index (χ3v) is 3.23. The number of rotatable bonds is 2. The van der Waals surface area contributed by atoms with Gasteiger partial charge in [-0.1, -0.05) is 0 Å². The molecule has 1 aliphatic rings. The molecule has 0 atom stereocenters. The minimum Gasteiger partial charge on any atom is -0.408 e. The van der Waals surface area contributed by atoms with Crippen molar-refractivity contribution in [1.29, 1.82) is 0 Å². The molecule has 18 heavy (non-hydrogen) atoms. The topological polar surface area (TPSA) is 101 Å². The first-order chi connectivity index (χ1) is 8.61. The van der Waals surface area contributed by atoms with Gasteiger partial charge in [-0.2, -0.15) is 0 Å². The zero-order valence-corrected chi connectivity index (χ0v) is 9.60. The fraction of sp³-hybridized carbons (Fsp3) is 0.333. The monoisotopic (exact) mass is 247 g/mol. The minimum atomic E-state index is -0.501. The Morgan fingerprint density at radius 2 is 2.22 bits per heavy atom. The lowest BCUT2D eigenvalue weighted by molar-refractivity contribution is -0.122. The molecule has 1 aromatic carbocycles. The third-order valence-electron chi connectivity index (χ3n) is 3.23. The fourth-order valence-corrected chi connectivity index (χ4v) is 2.14. The number of amides is 1. The highest BCUT2D eigenvalue weighted by Gasteiger charge is 2.31. The highest BCUT2D eigenvalue weighted by molar-refractivity contribution is 5.94. The lowest BCUT2D eigenvalue weighted by Crippen LogP contribution is -2.42. The van der Waals surface area contributed by atoms with Crippen molar-refractivity contribution in [2.24, 2.45) is 11.7 Å². The van der Waals surface area contributed by atoms with E-state index in [1.54, 1.807) is 18.2 Å². The Hall–Kier alpha value is -2.08. The van der Waals surface area contributed by atoms with E-state index in [-0.39, 0.29) is 17.9 Å². The van der Waals surface area contributed by atoms with E-state index in [1.807, 2.05) is 0 Å². The molecule has 0 saturated heterocycles. The van der Waals surface area contributed by atoms with Gasteiger partial charge in [0, 0.05) is 23.7 Å². The average Bonchev–Trinajstić information content (AvgIpc) is 2.64. The van der Waals surface area contributed by atoms with Crippen LogP contribution in [0.15, 0.2) is 27.4 Å². The molecule has 0 bridgehead atoms. The number of hydrogen-bond donors (Lipinski definition) is 3. The number of benzene rings is 1. The van der Waals surface area contributed by atoms with Crippen LogP contribution in [-0.2, 0) is 4.79 Å². The van der Waals surface area contributed by atoms with E-state index < -0.39 is 5.76 Å². The quantitative estimate of drug-likeness (QED) is 0.730. The number of carbonyl (C=O) groups is 1. The first-order valence-corrected chi connectivity index (χ1v) is 5.81. The summed E-state index contributed by atoms with van der Waals surface area (Å²) in [5, 5.41) is 2.80. The van der Waals surface area contributed by atoms with Crippen molar-refractivity contribution in [1.82, 2.24) is 4.98 Å². The Bertz CT molecular complexity index is 652. The summed E-state index contributed by atoms with van der Waals surface area (Å²) in [6.45, 7) is 0. The minimum absolute atomic E-state index is 0.00562. The molecule has 1 aromatic heterocycles. The molecule has 0 aliphatic heterocycles. The summed E-state index contributed by atoms with van der Waals surface area (Å²) in [7, 11) is 0. The number of nitrogens with one attached hydrogen (secondary N) is 2. The van der Waals surface area contributed by atoms with E-state index in [1.165, 1.54) is 0 Å². The molecule has 2 aromatic rings. The molecule has 3 rings (SSSR count). The molecule has 6 heteroatoms. The van der Waals surface area contributed by atoms with Crippen LogP contribution in [0.4, 0.5) is 5.69 Å². The summed E-state index contributed by atoms with van der Waals surface area (Å²) in [6.07, 6.45) is 1.46. The second-order valence-corrected chi connectivity index (χ2v) is 4.64. The maximum atomic E-state index is 11.8. The molecule has 4 N–H and O–H groups in total. The molecule has 94 valence electrons. The van der Waals surface area contributed by atoms with E-state index in [2.05, 4.69) is 10.3 Å². The Labute approximate surface area is 102 Å². The van der Waals surface area contributed by atoms with Crippen molar-refractivity contribution >= 4 is 22.7 Å². The zero-order chi connectivity index (χ0) is 12.7. The van der Waals surface area contributed by atoms with Crippen molar-refractivity contribution < 1.29 is 9.21 Å². The van der Waals surface area contributed by atoms with Crippen molar-refractivity contribution in [2.45, 2.75) is 18.9 Å². The average molecular weight is 247 g/mol. The fourth-order valence-electron chi connectivity index (χ4n) is 2.14. The standard InChI is InChI=1S/C12H13N3O3/c13-7-3-6(4-7)11(16)14-8-1-2-9-10(5-8)18-12(17)15-9/h1-2,5-7H,3-4,13H2,(H,14,16)(H,15,17). The van der Waals surface area contributed by atoms with Crippen LogP contribution < -0.4 is 16.8 Å². The highest BCUT2D eigenvalue weighted by Crippen LogP contribution is 2.27. The van der Waals surface area contributed by atoms with Gasteiger partial charge in [-0.15, -0.1) is 0 Å². The van der Waals surface area contributed by atoms with Gasteiger partial charge in [0.2, 0.25) is 5.91 Å². The Morgan fingerprint density at radius 1 is 1.44 bits per heavy atom. The normalized spacial score (nSPS) is 22.7. The SMILES string of the molecule is NC1CC(C(=O)Nc2ccc3[nH]c(=O)oc3c2)C1. The summed E-state index contributed by atoms with van der Waals surface area (Å²) in [5.41, 5.74) is 7.31. The molecule has 6 nitrogen and oxygen atoms in total. The molecule has 0 radical (unpaired) electrons. The van der Waals surface area contributed by atoms with Gasteiger partial charge < -0.3 is 15.5 Å². The molecule has 0 unspecified atom stereocenters. The highest BCUT2D eigenvalue weighted by atomic mass is 16.4. The van der Waals surface area contributed by atoms with Crippen LogP contribution in [0.2, 0.25) is 0 Å². The molecule has 0 spiro atoms. The first-order valence-electron chi connectivity index (χ1n) is 5.81. The van der Waals surface area contributed by atoms with Crippen LogP contribution >= 0.6 is 0 Å². The van der Waals surface area contributed by atoms with Gasteiger partial charge in [-0.05, 0) is 25.0 Å². The molecule has 1 amide bonds. The lowest BCUT2D eigenvalue weighted by atomic mass is 9.80. The molecule has 1 heterocycles. The molecular formula is C12H13N3O3. The number of hydrogen-bond acceptors (Lipinski definition) is 4. The van der Waals surface area contributed by atoms with E-state index in [9.17, 15) is 9.59 Å². The first kappa shape index (κ1) is 11.0. The zero-order valence-electron chi connectivity index (χ0n) is 9.60. The number of aromatic nitrogens is 1. The predicted octanol–water partition coefficient (Wildman–Crippen LogP) is 0.797. The number of anilines is 1. The van der Waals surface area contributed by atoms with Gasteiger partial charge in [0.1, 0.15) is 0 Å². The van der Waals surface area contributed by atoms with E-state index in [0.29, 0.717) is 16.8 Å². The molecule has 1 saturated carbocycles. The largest absolute Gasteiger partial charge is 0.417 e.